The van der Waals surface area contributed by atoms with Gasteiger partial charge < -0.3 is 4.90 Å². The molecule has 0 radical (unpaired) electrons. The maximum atomic E-state index is 2.70. The lowest BCUT2D eigenvalue weighted by molar-refractivity contribution is 0.539. The van der Waals surface area contributed by atoms with Crippen molar-refractivity contribution in [1.82, 2.24) is 0 Å². The van der Waals surface area contributed by atoms with Crippen LogP contribution in [-0.4, -0.2) is 8.07 Å². The van der Waals surface area contributed by atoms with E-state index >= 15 is 0 Å². The highest BCUT2D eigenvalue weighted by atomic mass is 32.1. The van der Waals surface area contributed by atoms with E-state index in [-0.39, 0.29) is 16.2 Å². The molecule has 0 unspecified atom stereocenters. The lowest BCUT2D eigenvalue weighted by atomic mass is 9.52. The van der Waals surface area contributed by atoms with Gasteiger partial charge in [0, 0.05) is 31.3 Å². The summed E-state index contributed by atoms with van der Waals surface area (Å²) in [6.07, 6.45) is 0. The van der Waals surface area contributed by atoms with Crippen LogP contribution in [0.1, 0.15) is 99.9 Å². The zero-order chi connectivity index (χ0) is 47.0. The summed E-state index contributed by atoms with van der Waals surface area (Å²) < 4.78 is 2.63. The van der Waals surface area contributed by atoms with Gasteiger partial charge in [-0.25, -0.2) is 0 Å². The first-order valence-electron chi connectivity index (χ1n) is 24.8. The van der Waals surface area contributed by atoms with Gasteiger partial charge in [-0.1, -0.05) is 213 Å². The Balaban J connectivity index is 1.15. The van der Waals surface area contributed by atoms with Crippen molar-refractivity contribution in [2.24, 2.45) is 0 Å². The Labute approximate surface area is 411 Å². The average molecular weight is 922 g/mol. The van der Waals surface area contributed by atoms with Crippen LogP contribution in [0.15, 0.2) is 188 Å². The van der Waals surface area contributed by atoms with Crippen LogP contribution in [0.4, 0.5) is 17.1 Å². The molecule has 3 aliphatic heterocycles. The molecule has 2 spiro atoms. The molecule has 4 heterocycles. The van der Waals surface area contributed by atoms with Crippen LogP contribution in [0.3, 0.4) is 0 Å². The van der Waals surface area contributed by atoms with Gasteiger partial charge >= 0.3 is 0 Å². The van der Waals surface area contributed by atoms with Gasteiger partial charge in [-0.3, -0.25) is 0 Å². The van der Waals surface area contributed by atoms with Crippen molar-refractivity contribution >= 4 is 77.4 Å². The fourth-order valence-electron chi connectivity index (χ4n) is 13.7. The number of para-hydroxylation sites is 1. The van der Waals surface area contributed by atoms with E-state index in [1.807, 2.05) is 11.3 Å². The van der Waals surface area contributed by atoms with Crippen LogP contribution < -0.4 is 25.6 Å². The first-order valence-corrected chi connectivity index (χ1v) is 27.7. The molecule has 4 aliphatic rings. The van der Waals surface area contributed by atoms with Crippen molar-refractivity contribution in [1.29, 1.82) is 0 Å². The van der Waals surface area contributed by atoms with Crippen LogP contribution in [-0.2, 0) is 21.7 Å². The highest BCUT2D eigenvalue weighted by Crippen LogP contribution is 2.65. The zero-order valence-electron chi connectivity index (χ0n) is 40.8. The van der Waals surface area contributed by atoms with Crippen LogP contribution >= 0.6 is 11.3 Å². The molecule has 69 heavy (non-hydrogen) atoms. The summed E-state index contributed by atoms with van der Waals surface area (Å²) in [6.45, 7) is 19.2. The van der Waals surface area contributed by atoms with Crippen LogP contribution in [0.25, 0.3) is 42.4 Å². The molecular weight excluding hydrogens is 867 g/mol. The predicted octanol–water partition coefficient (Wildman–Crippen LogP) is 14.8. The Morgan fingerprint density at radius 2 is 0.928 bits per heavy atom. The van der Waals surface area contributed by atoms with Crippen LogP contribution in [0.2, 0.25) is 0 Å². The van der Waals surface area contributed by atoms with E-state index in [0.29, 0.717) is 0 Å². The quantitative estimate of drug-likeness (QED) is 0.148. The van der Waals surface area contributed by atoms with Crippen molar-refractivity contribution in [2.75, 3.05) is 4.90 Å². The maximum Gasteiger partial charge on any atom is 0.182 e. The minimum absolute atomic E-state index is 0.0518. The first-order chi connectivity index (χ1) is 33.2. The molecule has 1 aliphatic carbocycles. The maximum absolute atomic E-state index is 2.74. The smallest absolute Gasteiger partial charge is 0.182 e. The summed E-state index contributed by atoms with van der Waals surface area (Å²) in [6, 6.07) is 74.2. The number of fused-ring (bicyclic) bond motifs is 22. The third kappa shape index (κ3) is 5.15. The Morgan fingerprint density at radius 3 is 1.52 bits per heavy atom. The van der Waals surface area contributed by atoms with Crippen molar-refractivity contribution < 1.29 is 0 Å². The zero-order valence-corrected chi connectivity index (χ0v) is 42.6. The highest BCUT2D eigenvalue weighted by molar-refractivity contribution is 7.26. The van der Waals surface area contributed by atoms with E-state index in [4.69, 9.17) is 0 Å². The van der Waals surface area contributed by atoms with Gasteiger partial charge in [0.2, 0.25) is 0 Å². The molecule has 0 N–H and O–H groups in total. The molecule has 0 fully saturated rings. The molecular formula is C66H55NSSi. The SMILES string of the molecule is CC(C)(C)c1ccc2c(c1)C1(c3ccccc3N(c3ccc4c(c3)[Si]3(c5ccccc5-c5ccccc53)c3ccccc3-4)c3c1ccc1sc4ccccc4c31)c1cc(C(C)(C)C)ccc1C2(C)C. The second kappa shape index (κ2) is 13.7. The molecule has 9 aromatic carbocycles. The number of nitrogens with zero attached hydrogens (tertiary/aromatic N) is 1. The lowest BCUT2D eigenvalue weighted by Crippen LogP contribution is -2.70. The third-order valence-corrected chi connectivity index (χ3v) is 22.9. The van der Waals surface area contributed by atoms with Gasteiger partial charge in [-0.05, 0) is 129 Å². The number of anilines is 3. The number of rotatable bonds is 1. The van der Waals surface area contributed by atoms with E-state index in [9.17, 15) is 0 Å². The molecule has 1 aromatic heterocycles. The number of benzene rings is 9. The monoisotopic (exact) mass is 921 g/mol. The van der Waals surface area contributed by atoms with Gasteiger partial charge in [0.25, 0.3) is 0 Å². The van der Waals surface area contributed by atoms with E-state index < -0.39 is 13.5 Å². The summed E-state index contributed by atoms with van der Waals surface area (Å²) >= 11 is 1.92. The minimum Gasteiger partial charge on any atom is -0.309 e. The third-order valence-electron chi connectivity index (χ3n) is 16.9. The van der Waals surface area contributed by atoms with Gasteiger partial charge in [0.1, 0.15) is 0 Å². The average Bonchev–Trinajstić information content (AvgIpc) is 3.99. The van der Waals surface area contributed by atoms with E-state index in [2.05, 4.69) is 248 Å². The highest BCUT2D eigenvalue weighted by Gasteiger charge is 2.56. The van der Waals surface area contributed by atoms with E-state index in [1.165, 1.54) is 125 Å². The summed E-state index contributed by atoms with van der Waals surface area (Å²) in [5.74, 6) is 0. The molecule has 334 valence electrons. The van der Waals surface area contributed by atoms with Crippen molar-refractivity contribution in [3.63, 3.8) is 0 Å². The molecule has 10 aromatic rings. The van der Waals surface area contributed by atoms with Crippen LogP contribution in [0.5, 0.6) is 0 Å². The second-order valence-electron chi connectivity index (χ2n) is 22.8. The predicted molar refractivity (Wildman–Crippen MR) is 297 cm³/mol. The number of hydrogen-bond donors (Lipinski definition) is 0. The Bertz CT molecular complexity index is 3740. The molecule has 0 amide bonds. The van der Waals surface area contributed by atoms with Gasteiger partial charge in [-0.15, -0.1) is 11.3 Å². The number of thiophene rings is 1. The van der Waals surface area contributed by atoms with E-state index in [1.54, 1.807) is 0 Å². The summed E-state index contributed by atoms with van der Waals surface area (Å²) in [5, 5.41) is 8.64. The van der Waals surface area contributed by atoms with Crippen LogP contribution in [0, 0.1) is 0 Å². The topological polar surface area (TPSA) is 3.24 Å². The van der Waals surface area contributed by atoms with Gasteiger partial charge in [0.15, 0.2) is 8.07 Å². The molecule has 0 saturated heterocycles. The fraction of sp³-hybridized carbons (Fsp3) is 0.182. The normalized spacial score (nSPS) is 16.1. The fourth-order valence-corrected chi connectivity index (χ4v) is 20.4. The molecule has 3 heteroatoms. The van der Waals surface area contributed by atoms with Crippen molar-refractivity contribution in [2.45, 2.75) is 77.0 Å². The molecule has 14 rings (SSSR count). The first kappa shape index (κ1) is 41.2. The molecule has 0 bridgehead atoms. The molecule has 1 nitrogen and oxygen atoms in total. The van der Waals surface area contributed by atoms with Crippen molar-refractivity contribution in [3.05, 3.63) is 233 Å². The van der Waals surface area contributed by atoms with Gasteiger partial charge in [0.05, 0.1) is 16.8 Å². The summed E-state index contributed by atoms with van der Waals surface area (Å²) in [5.41, 5.74) is 19.3. The molecule has 0 saturated carbocycles. The number of hydrogen-bond acceptors (Lipinski definition) is 2. The summed E-state index contributed by atoms with van der Waals surface area (Å²) in [7, 11) is -2.74. The molecule has 0 atom stereocenters. The van der Waals surface area contributed by atoms with E-state index in [0.717, 1.165) is 0 Å². The Kier molecular flexibility index (Phi) is 8.19. The standard InChI is InChI=1S/C66H55NSSi/c1-63(2,3)40-29-33-48-52(37-40)66(53-38-41(64(4,5)6)30-34-49(53)65(48,7)8)50-23-13-14-24-54(50)67(62-51(66)35-36-56-61(62)47-22-9-15-25-55(47)68-56)42-31-32-46-45-21-12-18-28-59(45)69(60(46)39-42)57-26-16-10-19-43(57)44-20-11-17-27-58(44)69/h9-39H,1-8H3. The second-order valence-corrected chi connectivity index (χ2v) is 27.5. The minimum atomic E-state index is -2.74. The van der Waals surface area contributed by atoms with Gasteiger partial charge in [-0.2, -0.15) is 0 Å². The Morgan fingerprint density at radius 1 is 0.420 bits per heavy atom. The Hall–Kier alpha value is -6.78. The largest absolute Gasteiger partial charge is 0.309 e. The lowest BCUT2D eigenvalue weighted by Gasteiger charge is -2.53. The summed E-state index contributed by atoms with van der Waals surface area (Å²) in [4.78, 5) is 2.70. The van der Waals surface area contributed by atoms with Crippen molar-refractivity contribution in [3.8, 4) is 22.3 Å².